The third kappa shape index (κ3) is 4.68. The highest BCUT2D eigenvalue weighted by Gasteiger charge is 2.24. The number of anilines is 3. The van der Waals surface area contributed by atoms with Crippen LogP contribution < -0.4 is 10.2 Å². The Labute approximate surface area is 171 Å². The second-order valence-electron chi connectivity index (χ2n) is 7.41. The lowest BCUT2D eigenvalue weighted by molar-refractivity contribution is -0.00571. The van der Waals surface area contributed by atoms with Gasteiger partial charge >= 0.3 is 0 Å². The summed E-state index contributed by atoms with van der Waals surface area (Å²) in [5.74, 6) is 2.03. The van der Waals surface area contributed by atoms with E-state index in [2.05, 4.69) is 75.4 Å². The van der Waals surface area contributed by atoms with Gasteiger partial charge in [-0.05, 0) is 43.5 Å². The molecule has 0 aliphatic carbocycles. The molecule has 1 aromatic carbocycles. The smallest absolute Gasteiger partial charge is 0.227 e. The fourth-order valence-corrected chi connectivity index (χ4v) is 3.56. The molecule has 3 heterocycles. The van der Waals surface area contributed by atoms with Gasteiger partial charge < -0.3 is 15.0 Å². The van der Waals surface area contributed by atoms with E-state index in [1.54, 1.807) is 12.4 Å². The number of nitrogens with one attached hydrogen (secondary N) is 1. The van der Waals surface area contributed by atoms with E-state index in [1.165, 1.54) is 5.56 Å². The highest BCUT2D eigenvalue weighted by atomic mass is 16.5. The van der Waals surface area contributed by atoms with Gasteiger partial charge in [0.2, 0.25) is 5.95 Å². The zero-order valence-electron chi connectivity index (χ0n) is 17.0. The lowest BCUT2D eigenvalue weighted by Gasteiger charge is -2.35. The number of hydrogen-bond donors (Lipinski definition) is 1. The minimum atomic E-state index is 0.153. The molecule has 7 heteroatoms. The fraction of sp³-hybridized carbons (Fsp3) is 0.364. The van der Waals surface area contributed by atoms with Crippen molar-refractivity contribution < 1.29 is 4.74 Å². The summed E-state index contributed by atoms with van der Waals surface area (Å²) in [6, 6.07) is 12.3. The van der Waals surface area contributed by atoms with Crippen LogP contribution in [0.2, 0.25) is 0 Å². The molecule has 150 valence electrons. The molecule has 0 unspecified atom stereocenters. The predicted octanol–water partition coefficient (Wildman–Crippen LogP) is 3.85. The van der Waals surface area contributed by atoms with Crippen LogP contribution in [0.5, 0.6) is 0 Å². The number of aromatic nitrogens is 4. The van der Waals surface area contributed by atoms with Crippen molar-refractivity contribution in [2.75, 3.05) is 23.3 Å². The second kappa shape index (κ2) is 8.53. The number of morpholine rings is 1. The number of nitrogens with zero attached hydrogens (tertiary/aromatic N) is 5. The standard InChI is InChI=1S/C22H26N6O/c1-4-17-5-7-18(8-6-17)19-11-21(27-24-12-19)25-20-9-10-23-22(26-20)28-13-15(2)29-16(3)14-28/h5-12,15-16H,4,13-14H2,1-3H3,(H,23,25,26,27)/t15-,16+. The van der Waals surface area contributed by atoms with Crippen LogP contribution in [0, 0.1) is 0 Å². The molecule has 2 aromatic heterocycles. The van der Waals surface area contributed by atoms with Crippen molar-refractivity contribution >= 4 is 17.6 Å². The molecule has 0 spiro atoms. The van der Waals surface area contributed by atoms with Crippen LogP contribution in [0.3, 0.4) is 0 Å². The van der Waals surface area contributed by atoms with Crippen molar-refractivity contribution in [3.8, 4) is 11.1 Å². The number of aryl methyl sites for hydroxylation is 1. The minimum absolute atomic E-state index is 0.153. The number of hydrogen-bond acceptors (Lipinski definition) is 7. The Morgan fingerprint density at radius 1 is 1.03 bits per heavy atom. The molecule has 2 atom stereocenters. The van der Waals surface area contributed by atoms with E-state index in [4.69, 9.17) is 4.74 Å². The van der Waals surface area contributed by atoms with Gasteiger partial charge in [0.05, 0.1) is 18.4 Å². The van der Waals surface area contributed by atoms with E-state index in [0.717, 1.165) is 30.6 Å². The Morgan fingerprint density at radius 2 is 1.79 bits per heavy atom. The summed E-state index contributed by atoms with van der Waals surface area (Å²) in [6.07, 6.45) is 4.86. The van der Waals surface area contributed by atoms with Gasteiger partial charge in [-0.2, -0.15) is 10.1 Å². The van der Waals surface area contributed by atoms with Crippen LogP contribution >= 0.6 is 0 Å². The van der Waals surface area contributed by atoms with Crippen molar-refractivity contribution in [2.45, 2.75) is 39.4 Å². The van der Waals surface area contributed by atoms with E-state index in [1.807, 2.05) is 12.1 Å². The van der Waals surface area contributed by atoms with Crippen LogP contribution in [-0.4, -0.2) is 45.5 Å². The topological polar surface area (TPSA) is 76.1 Å². The molecule has 0 radical (unpaired) electrons. The second-order valence-corrected chi connectivity index (χ2v) is 7.41. The van der Waals surface area contributed by atoms with Gasteiger partial charge in [0, 0.05) is 24.8 Å². The lowest BCUT2D eigenvalue weighted by Crippen LogP contribution is -2.46. The Hall–Kier alpha value is -3.06. The van der Waals surface area contributed by atoms with Gasteiger partial charge in [-0.25, -0.2) is 4.98 Å². The van der Waals surface area contributed by atoms with E-state index < -0.39 is 0 Å². The number of rotatable bonds is 5. The van der Waals surface area contributed by atoms with Gasteiger partial charge in [0.15, 0.2) is 5.82 Å². The lowest BCUT2D eigenvalue weighted by atomic mass is 10.1. The predicted molar refractivity (Wildman–Crippen MR) is 114 cm³/mol. The average Bonchev–Trinajstić information content (AvgIpc) is 2.73. The number of ether oxygens (including phenoxy) is 1. The zero-order chi connectivity index (χ0) is 20.2. The maximum atomic E-state index is 5.80. The summed E-state index contributed by atoms with van der Waals surface area (Å²) >= 11 is 0. The normalized spacial score (nSPS) is 19.2. The highest BCUT2D eigenvalue weighted by Crippen LogP contribution is 2.23. The monoisotopic (exact) mass is 390 g/mol. The minimum Gasteiger partial charge on any atom is -0.372 e. The SMILES string of the molecule is CCc1ccc(-c2cnnc(Nc3ccnc(N4C[C@@H](C)O[C@@H](C)C4)n3)c2)cc1. The molecular formula is C22H26N6O. The van der Waals surface area contributed by atoms with Crippen molar-refractivity contribution in [1.29, 1.82) is 0 Å². The largest absolute Gasteiger partial charge is 0.372 e. The van der Waals surface area contributed by atoms with Crippen LogP contribution in [0.4, 0.5) is 17.6 Å². The van der Waals surface area contributed by atoms with Crippen LogP contribution in [0.25, 0.3) is 11.1 Å². The van der Waals surface area contributed by atoms with E-state index in [0.29, 0.717) is 17.6 Å². The Balaban J connectivity index is 1.52. The Bertz CT molecular complexity index is 952. The quantitative estimate of drug-likeness (QED) is 0.709. The molecule has 29 heavy (non-hydrogen) atoms. The molecule has 4 rings (SSSR count). The van der Waals surface area contributed by atoms with Crippen molar-refractivity contribution in [3.63, 3.8) is 0 Å². The van der Waals surface area contributed by atoms with Gasteiger partial charge in [0.1, 0.15) is 5.82 Å². The first-order valence-corrected chi connectivity index (χ1v) is 10.0. The van der Waals surface area contributed by atoms with Crippen molar-refractivity contribution in [3.05, 3.63) is 54.4 Å². The molecule has 3 aromatic rings. The van der Waals surface area contributed by atoms with Gasteiger partial charge in [-0.3, -0.25) is 0 Å². The molecule has 0 saturated carbocycles. The summed E-state index contributed by atoms with van der Waals surface area (Å²) in [5, 5.41) is 11.6. The van der Waals surface area contributed by atoms with Crippen LogP contribution in [0.1, 0.15) is 26.3 Å². The van der Waals surface area contributed by atoms with Gasteiger partial charge in [0.25, 0.3) is 0 Å². The average molecular weight is 390 g/mol. The van der Waals surface area contributed by atoms with E-state index in [-0.39, 0.29) is 12.2 Å². The molecule has 7 nitrogen and oxygen atoms in total. The van der Waals surface area contributed by atoms with Crippen molar-refractivity contribution in [2.24, 2.45) is 0 Å². The molecule has 1 fully saturated rings. The summed E-state index contributed by atoms with van der Waals surface area (Å²) in [4.78, 5) is 11.3. The van der Waals surface area contributed by atoms with Crippen molar-refractivity contribution in [1.82, 2.24) is 20.2 Å². The van der Waals surface area contributed by atoms with Crippen LogP contribution in [-0.2, 0) is 11.2 Å². The molecule has 0 amide bonds. The molecular weight excluding hydrogens is 364 g/mol. The third-order valence-electron chi connectivity index (χ3n) is 4.95. The molecule has 1 aliphatic rings. The first kappa shape index (κ1) is 19.3. The third-order valence-corrected chi connectivity index (χ3v) is 4.95. The number of benzene rings is 1. The first-order chi connectivity index (χ1) is 14.1. The maximum Gasteiger partial charge on any atom is 0.227 e. The highest BCUT2D eigenvalue weighted by molar-refractivity contribution is 5.67. The fourth-order valence-electron chi connectivity index (χ4n) is 3.56. The summed E-state index contributed by atoms with van der Waals surface area (Å²) in [6.45, 7) is 7.84. The zero-order valence-corrected chi connectivity index (χ0v) is 17.0. The van der Waals surface area contributed by atoms with E-state index in [9.17, 15) is 0 Å². The van der Waals surface area contributed by atoms with E-state index >= 15 is 0 Å². The Kier molecular flexibility index (Phi) is 5.67. The summed E-state index contributed by atoms with van der Waals surface area (Å²) in [5.41, 5.74) is 3.43. The maximum absolute atomic E-state index is 5.80. The molecule has 1 aliphatic heterocycles. The van der Waals surface area contributed by atoms with Gasteiger partial charge in [-0.1, -0.05) is 31.2 Å². The van der Waals surface area contributed by atoms with Gasteiger partial charge in [-0.15, -0.1) is 5.10 Å². The first-order valence-electron chi connectivity index (χ1n) is 10.0. The van der Waals surface area contributed by atoms with Crippen LogP contribution in [0.15, 0.2) is 48.8 Å². The Morgan fingerprint density at radius 3 is 2.52 bits per heavy atom. The molecule has 1 saturated heterocycles. The molecule has 1 N–H and O–H groups in total. The summed E-state index contributed by atoms with van der Waals surface area (Å²) in [7, 11) is 0. The molecule has 0 bridgehead atoms. The summed E-state index contributed by atoms with van der Waals surface area (Å²) < 4.78 is 5.80.